The summed E-state index contributed by atoms with van der Waals surface area (Å²) in [5.41, 5.74) is 2.46. The molecule has 1 aromatic heterocycles. The molecule has 144 valence electrons. The van der Waals surface area contributed by atoms with Crippen LogP contribution < -0.4 is 4.90 Å². The molecule has 2 aromatic rings. The van der Waals surface area contributed by atoms with E-state index in [4.69, 9.17) is 0 Å². The number of fused-ring (bicyclic) bond motifs is 1. The molecule has 1 aromatic carbocycles. The molecule has 7 heteroatoms. The van der Waals surface area contributed by atoms with Crippen LogP contribution in [-0.2, 0) is 23.5 Å². The van der Waals surface area contributed by atoms with Gasteiger partial charge in [0.05, 0.1) is 0 Å². The predicted molar refractivity (Wildman–Crippen MR) is 104 cm³/mol. The fourth-order valence-electron chi connectivity index (χ4n) is 3.95. The number of anilines is 1. The van der Waals surface area contributed by atoms with E-state index in [1.165, 1.54) is 6.07 Å². The Kier molecular flexibility index (Phi) is 4.60. The molecule has 1 fully saturated rings. The first-order valence-corrected chi connectivity index (χ1v) is 10.9. The maximum Gasteiger partial charge on any atom is 0.274 e. The van der Waals surface area contributed by atoms with Crippen molar-refractivity contribution < 1.29 is 13.2 Å². The van der Waals surface area contributed by atoms with Gasteiger partial charge in [0, 0.05) is 38.6 Å². The topological polar surface area (TPSA) is 62.6 Å². The maximum atomic E-state index is 13.1. The number of hydrogen-bond donors (Lipinski definition) is 0. The Labute approximate surface area is 160 Å². The van der Waals surface area contributed by atoms with Gasteiger partial charge in [-0.05, 0) is 42.9 Å². The predicted octanol–water partition coefficient (Wildman–Crippen LogP) is 2.65. The summed E-state index contributed by atoms with van der Waals surface area (Å²) in [6, 6.07) is 9.38. The Bertz CT molecular complexity index is 972. The number of carbonyl (C=O) groups is 1. The third-order valence-electron chi connectivity index (χ3n) is 5.71. The van der Waals surface area contributed by atoms with Crippen molar-refractivity contribution in [1.29, 1.82) is 0 Å². The van der Waals surface area contributed by atoms with Gasteiger partial charge in [-0.15, -0.1) is 0 Å². The van der Waals surface area contributed by atoms with Crippen molar-refractivity contribution in [1.82, 2.24) is 8.87 Å². The first kappa shape index (κ1) is 18.3. The van der Waals surface area contributed by atoms with Crippen molar-refractivity contribution in [3.8, 4) is 0 Å². The van der Waals surface area contributed by atoms with E-state index in [0.717, 1.165) is 30.5 Å². The van der Waals surface area contributed by atoms with Gasteiger partial charge in [0.2, 0.25) is 10.0 Å². The lowest BCUT2D eigenvalue weighted by Crippen LogP contribution is -2.37. The third-order valence-corrected chi connectivity index (χ3v) is 7.58. The number of piperidine rings is 1. The molecular formula is C20H25N3O3S. The molecule has 3 heterocycles. The van der Waals surface area contributed by atoms with E-state index in [1.54, 1.807) is 27.0 Å². The van der Waals surface area contributed by atoms with E-state index < -0.39 is 10.0 Å². The Morgan fingerprint density at radius 3 is 2.56 bits per heavy atom. The second kappa shape index (κ2) is 6.80. The van der Waals surface area contributed by atoms with E-state index >= 15 is 0 Å². The maximum absolute atomic E-state index is 13.1. The van der Waals surface area contributed by atoms with Crippen LogP contribution in [0.1, 0.15) is 35.8 Å². The first-order chi connectivity index (χ1) is 12.9. The number of carbonyl (C=O) groups excluding carboxylic acids is 1. The number of nitrogens with zero attached hydrogens (tertiary/aromatic N) is 3. The summed E-state index contributed by atoms with van der Waals surface area (Å²) in [5.74, 6) is 0.399. The monoisotopic (exact) mass is 387 g/mol. The highest BCUT2D eigenvalue weighted by molar-refractivity contribution is 7.89. The SMILES string of the molecule is CC1CCN(S(=O)(=O)c2cc(C(=O)N3CCc4ccccc43)n(C)c2)CC1. The van der Waals surface area contributed by atoms with E-state index in [0.29, 0.717) is 31.2 Å². The van der Waals surface area contributed by atoms with Crippen molar-refractivity contribution in [2.75, 3.05) is 24.5 Å². The first-order valence-electron chi connectivity index (χ1n) is 9.44. The van der Waals surface area contributed by atoms with Gasteiger partial charge >= 0.3 is 0 Å². The molecule has 0 unspecified atom stereocenters. The normalized spacial score (nSPS) is 18.7. The smallest absolute Gasteiger partial charge is 0.274 e. The second-order valence-electron chi connectivity index (χ2n) is 7.59. The summed E-state index contributed by atoms with van der Waals surface area (Å²) in [5, 5.41) is 0. The van der Waals surface area contributed by atoms with Gasteiger partial charge in [0.15, 0.2) is 0 Å². The molecule has 1 saturated heterocycles. The molecule has 0 saturated carbocycles. The number of amides is 1. The van der Waals surface area contributed by atoms with Crippen LogP contribution >= 0.6 is 0 Å². The van der Waals surface area contributed by atoms with Gasteiger partial charge in [0.1, 0.15) is 10.6 Å². The number of aryl methyl sites for hydroxylation is 1. The van der Waals surface area contributed by atoms with Crippen LogP contribution in [0.2, 0.25) is 0 Å². The molecule has 1 amide bonds. The van der Waals surface area contributed by atoms with Crippen LogP contribution in [0.5, 0.6) is 0 Å². The number of hydrogen-bond acceptors (Lipinski definition) is 3. The molecule has 2 aliphatic heterocycles. The number of sulfonamides is 1. The molecule has 6 nitrogen and oxygen atoms in total. The lowest BCUT2D eigenvalue weighted by Gasteiger charge is -2.29. The Balaban J connectivity index is 1.61. The minimum absolute atomic E-state index is 0.156. The fourth-order valence-corrected chi connectivity index (χ4v) is 5.49. The van der Waals surface area contributed by atoms with Crippen LogP contribution in [0.15, 0.2) is 41.4 Å². The fraction of sp³-hybridized carbons (Fsp3) is 0.450. The van der Waals surface area contributed by atoms with Crippen molar-refractivity contribution in [3.63, 3.8) is 0 Å². The Morgan fingerprint density at radius 1 is 1.11 bits per heavy atom. The van der Waals surface area contributed by atoms with E-state index in [1.807, 2.05) is 24.3 Å². The largest absolute Gasteiger partial charge is 0.345 e. The zero-order chi connectivity index (χ0) is 19.2. The molecule has 27 heavy (non-hydrogen) atoms. The zero-order valence-electron chi connectivity index (χ0n) is 15.8. The van der Waals surface area contributed by atoms with Crippen LogP contribution in [0.25, 0.3) is 0 Å². The van der Waals surface area contributed by atoms with E-state index in [9.17, 15) is 13.2 Å². The number of benzene rings is 1. The number of para-hydroxylation sites is 1. The van der Waals surface area contributed by atoms with Crippen LogP contribution in [0.4, 0.5) is 5.69 Å². The minimum atomic E-state index is -3.56. The lowest BCUT2D eigenvalue weighted by molar-refractivity contribution is 0.0981. The van der Waals surface area contributed by atoms with Gasteiger partial charge < -0.3 is 9.47 Å². The summed E-state index contributed by atoms with van der Waals surface area (Å²) in [7, 11) is -1.83. The number of rotatable bonds is 3. The van der Waals surface area contributed by atoms with Crippen molar-refractivity contribution in [2.45, 2.75) is 31.1 Å². The van der Waals surface area contributed by atoms with Gasteiger partial charge in [-0.25, -0.2) is 8.42 Å². The molecule has 0 aliphatic carbocycles. The summed E-state index contributed by atoms with van der Waals surface area (Å²) in [6.07, 6.45) is 4.14. The molecule has 0 bridgehead atoms. The van der Waals surface area contributed by atoms with Crippen molar-refractivity contribution in [2.24, 2.45) is 13.0 Å². The van der Waals surface area contributed by atoms with Crippen LogP contribution in [-0.4, -0.2) is 42.8 Å². The third kappa shape index (κ3) is 3.19. The Hall–Kier alpha value is -2.12. The zero-order valence-corrected chi connectivity index (χ0v) is 16.6. The molecule has 0 radical (unpaired) electrons. The average Bonchev–Trinajstić information content (AvgIpc) is 3.25. The summed E-state index contributed by atoms with van der Waals surface area (Å²) < 4.78 is 29.1. The summed E-state index contributed by atoms with van der Waals surface area (Å²) >= 11 is 0. The highest BCUT2D eigenvalue weighted by atomic mass is 32.2. The highest BCUT2D eigenvalue weighted by Gasteiger charge is 2.32. The number of aromatic nitrogens is 1. The minimum Gasteiger partial charge on any atom is -0.345 e. The van der Waals surface area contributed by atoms with Gasteiger partial charge in [-0.1, -0.05) is 25.1 Å². The standard InChI is InChI=1S/C20H25N3O3S/c1-15-7-10-22(11-8-15)27(25,26)17-13-19(21(2)14-17)20(24)23-12-9-16-5-3-4-6-18(16)23/h3-6,13-15H,7-12H2,1-2H3. The average molecular weight is 388 g/mol. The van der Waals surface area contributed by atoms with Crippen LogP contribution in [0.3, 0.4) is 0 Å². The highest BCUT2D eigenvalue weighted by Crippen LogP contribution is 2.30. The molecular weight excluding hydrogens is 362 g/mol. The van der Waals surface area contributed by atoms with Crippen LogP contribution in [0, 0.1) is 5.92 Å². The summed E-state index contributed by atoms with van der Waals surface area (Å²) in [6.45, 7) is 3.86. The van der Waals surface area contributed by atoms with Crippen molar-refractivity contribution in [3.05, 3.63) is 47.8 Å². The molecule has 4 rings (SSSR count). The van der Waals surface area contributed by atoms with E-state index in [-0.39, 0.29) is 10.8 Å². The molecule has 0 atom stereocenters. The van der Waals surface area contributed by atoms with Gasteiger partial charge in [-0.2, -0.15) is 4.31 Å². The second-order valence-corrected chi connectivity index (χ2v) is 9.53. The quantitative estimate of drug-likeness (QED) is 0.813. The lowest BCUT2D eigenvalue weighted by atomic mass is 10.0. The molecule has 2 aliphatic rings. The van der Waals surface area contributed by atoms with Gasteiger partial charge in [0.25, 0.3) is 5.91 Å². The van der Waals surface area contributed by atoms with Crippen molar-refractivity contribution >= 4 is 21.6 Å². The van der Waals surface area contributed by atoms with E-state index in [2.05, 4.69) is 6.92 Å². The Morgan fingerprint density at radius 2 is 1.81 bits per heavy atom. The molecule has 0 spiro atoms. The van der Waals surface area contributed by atoms with Gasteiger partial charge in [-0.3, -0.25) is 4.79 Å². The molecule has 0 N–H and O–H groups in total. The summed E-state index contributed by atoms with van der Waals surface area (Å²) in [4.78, 5) is 15.0.